The fraction of sp³-hybridized carbons (Fsp3) is 0.292. The molecule has 6 nitrogen and oxygen atoms in total. The minimum absolute atomic E-state index is 0.0734. The van der Waals surface area contributed by atoms with E-state index in [4.69, 9.17) is 19.3 Å². The molecule has 6 heteroatoms. The van der Waals surface area contributed by atoms with Gasteiger partial charge in [-0.2, -0.15) is 0 Å². The molecule has 30 heavy (non-hydrogen) atoms. The number of carbonyl (C=O) groups is 1. The number of likely N-dealkylation sites (N-methyl/N-ethyl adjacent to an activating group) is 1. The molecule has 1 aliphatic carbocycles. The van der Waals surface area contributed by atoms with Crippen LogP contribution in [0.25, 0.3) is 0 Å². The molecule has 0 aromatic heterocycles. The van der Waals surface area contributed by atoms with Crippen molar-refractivity contribution in [2.24, 2.45) is 0 Å². The van der Waals surface area contributed by atoms with Gasteiger partial charge in [-0.1, -0.05) is 42.0 Å². The second kappa shape index (κ2) is 9.05. The first-order valence-electron chi connectivity index (χ1n) is 10.00. The molecule has 4 rings (SSSR count). The van der Waals surface area contributed by atoms with E-state index >= 15 is 0 Å². The molecule has 0 amide bonds. The number of aliphatic carboxylic acids is 1. The number of ether oxygens (including phenoxy) is 3. The summed E-state index contributed by atoms with van der Waals surface area (Å²) in [6, 6.07) is 11.3. The standard InChI is InChI=1S/C24H25NO5/c1-25-13-16-5-4-7-18(9-16)20-10-17(11-22-24(20)30-15-29-22)14-28-21-8-3-2-6-19(21)12-23(26)27/h2-8,10-11,18,25H,9,12-15H2,1H3,(H,26,27). The third-order valence-electron chi connectivity index (χ3n) is 5.23. The Balaban J connectivity index is 1.56. The Labute approximate surface area is 175 Å². The van der Waals surface area contributed by atoms with Gasteiger partial charge in [-0.15, -0.1) is 0 Å². The molecule has 2 aliphatic rings. The first kappa shape index (κ1) is 20.0. The van der Waals surface area contributed by atoms with Crippen LogP contribution in [0.15, 0.2) is 60.2 Å². The molecule has 2 N–H and O–H groups in total. The largest absolute Gasteiger partial charge is 0.489 e. The highest BCUT2D eigenvalue weighted by Crippen LogP contribution is 2.43. The van der Waals surface area contributed by atoms with Crippen molar-refractivity contribution in [2.75, 3.05) is 20.4 Å². The molecule has 0 fully saturated rings. The Hall–Kier alpha value is -3.25. The quantitative estimate of drug-likeness (QED) is 0.693. The van der Waals surface area contributed by atoms with E-state index in [1.807, 2.05) is 25.2 Å². The molecule has 0 bridgehead atoms. The van der Waals surface area contributed by atoms with Gasteiger partial charge in [0.2, 0.25) is 6.79 Å². The number of carboxylic acids is 1. The normalized spacial score (nSPS) is 17.0. The van der Waals surface area contributed by atoms with Crippen molar-refractivity contribution in [3.05, 3.63) is 76.9 Å². The summed E-state index contributed by atoms with van der Waals surface area (Å²) < 4.78 is 17.4. The lowest BCUT2D eigenvalue weighted by Crippen LogP contribution is -2.14. The second-order valence-electron chi connectivity index (χ2n) is 7.44. The number of allylic oxidation sites excluding steroid dienone is 3. The molecule has 1 heterocycles. The summed E-state index contributed by atoms with van der Waals surface area (Å²) in [5.41, 5.74) is 4.03. The lowest BCUT2D eigenvalue weighted by molar-refractivity contribution is -0.136. The zero-order valence-electron chi connectivity index (χ0n) is 16.9. The Morgan fingerprint density at radius 3 is 2.97 bits per heavy atom. The van der Waals surface area contributed by atoms with Gasteiger partial charge >= 0.3 is 5.97 Å². The monoisotopic (exact) mass is 407 g/mol. The van der Waals surface area contributed by atoms with Crippen molar-refractivity contribution in [3.8, 4) is 17.2 Å². The molecule has 1 aliphatic heterocycles. The molecule has 0 saturated heterocycles. The maximum atomic E-state index is 11.1. The summed E-state index contributed by atoms with van der Waals surface area (Å²) in [7, 11) is 1.95. The summed E-state index contributed by atoms with van der Waals surface area (Å²) in [6.45, 7) is 1.38. The summed E-state index contributed by atoms with van der Waals surface area (Å²) >= 11 is 0. The van der Waals surface area contributed by atoms with E-state index in [1.165, 1.54) is 5.57 Å². The number of hydrogen-bond acceptors (Lipinski definition) is 5. The second-order valence-corrected chi connectivity index (χ2v) is 7.44. The molecule has 2 aromatic rings. The topological polar surface area (TPSA) is 77.0 Å². The first-order valence-corrected chi connectivity index (χ1v) is 10.00. The van der Waals surface area contributed by atoms with Crippen LogP contribution in [0.4, 0.5) is 0 Å². The van der Waals surface area contributed by atoms with Crippen LogP contribution in [-0.4, -0.2) is 31.5 Å². The summed E-state index contributed by atoms with van der Waals surface area (Å²) in [5.74, 6) is 1.42. The van der Waals surface area contributed by atoms with Crippen molar-refractivity contribution >= 4 is 5.97 Å². The predicted molar refractivity (Wildman–Crippen MR) is 113 cm³/mol. The number of hydrogen-bond donors (Lipinski definition) is 2. The first-order chi connectivity index (χ1) is 14.6. The van der Waals surface area contributed by atoms with E-state index in [9.17, 15) is 4.79 Å². The minimum atomic E-state index is -0.883. The lowest BCUT2D eigenvalue weighted by Gasteiger charge is -2.21. The summed E-state index contributed by atoms with van der Waals surface area (Å²) in [5, 5.41) is 12.3. The lowest BCUT2D eigenvalue weighted by atomic mass is 9.86. The van der Waals surface area contributed by atoms with Gasteiger partial charge in [0.15, 0.2) is 11.5 Å². The van der Waals surface area contributed by atoms with Crippen molar-refractivity contribution in [1.29, 1.82) is 0 Å². The Kier molecular flexibility index (Phi) is 6.05. The fourth-order valence-electron chi connectivity index (χ4n) is 3.89. The van der Waals surface area contributed by atoms with Crippen LogP contribution in [-0.2, 0) is 17.8 Å². The summed E-state index contributed by atoms with van der Waals surface area (Å²) in [6.07, 6.45) is 7.27. The third-order valence-corrected chi connectivity index (χ3v) is 5.23. The van der Waals surface area contributed by atoms with E-state index in [1.54, 1.807) is 12.1 Å². The number of rotatable bonds is 8. The van der Waals surface area contributed by atoms with Crippen LogP contribution in [0.1, 0.15) is 29.0 Å². The molecule has 0 spiro atoms. The van der Waals surface area contributed by atoms with Gasteiger partial charge in [0.05, 0.1) is 6.42 Å². The van der Waals surface area contributed by atoms with Gasteiger partial charge < -0.3 is 24.6 Å². The van der Waals surface area contributed by atoms with Gasteiger partial charge in [0.25, 0.3) is 0 Å². The maximum absolute atomic E-state index is 11.1. The van der Waals surface area contributed by atoms with E-state index in [2.05, 4.69) is 29.6 Å². The van der Waals surface area contributed by atoms with Crippen LogP contribution in [0.2, 0.25) is 0 Å². The predicted octanol–water partition coefficient (Wildman–Crippen LogP) is 3.81. The molecule has 0 saturated carbocycles. The van der Waals surface area contributed by atoms with E-state index in [-0.39, 0.29) is 19.1 Å². The van der Waals surface area contributed by atoms with Crippen molar-refractivity contribution in [1.82, 2.24) is 5.32 Å². The van der Waals surface area contributed by atoms with Gasteiger partial charge in [-0.05, 0) is 37.2 Å². The molecule has 1 atom stereocenters. The van der Waals surface area contributed by atoms with Crippen molar-refractivity contribution in [3.63, 3.8) is 0 Å². The van der Waals surface area contributed by atoms with Crippen molar-refractivity contribution in [2.45, 2.75) is 25.4 Å². The van der Waals surface area contributed by atoms with Crippen LogP contribution < -0.4 is 19.5 Å². The third kappa shape index (κ3) is 4.49. The Morgan fingerprint density at radius 2 is 2.13 bits per heavy atom. The van der Waals surface area contributed by atoms with Crippen LogP contribution in [0, 0.1) is 0 Å². The number of fused-ring (bicyclic) bond motifs is 1. The minimum Gasteiger partial charge on any atom is -0.489 e. The molecular formula is C24H25NO5. The highest BCUT2D eigenvalue weighted by Gasteiger charge is 2.25. The number of carboxylic acid groups (broad SMARTS) is 1. The van der Waals surface area contributed by atoms with Crippen LogP contribution in [0.5, 0.6) is 17.2 Å². The average molecular weight is 407 g/mol. The molecule has 156 valence electrons. The van der Waals surface area contributed by atoms with Gasteiger partial charge in [-0.25, -0.2) is 0 Å². The number of nitrogens with one attached hydrogen (secondary N) is 1. The zero-order valence-corrected chi connectivity index (χ0v) is 16.9. The van der Waals surface area contributed by atoms with E-state index in [0.29, 0.717) is 17.9 Å². The zero-order chi connectivity index (χ0) is 20.9. The summed E-state index contributed by atoms with van der Waals surface area (Å²) in [4.78, 5) is 11.1. The molecular weight excluding hydrogens is 382 g/mol. The highest BCUT2D eigenvalue weighted by atomic mass is 16.7. The smallest absolute Gasteiger partial charge is 0.307 e. The Bertz CT molecular complexity index is 995. The van der Waals surface area contributed by atoms with Crippen LogP contribution >= 0.6 is 0 Å². The van der Waals surface area contributed by atoms with Gasteiger partial charge in [0.1, 0.15) is 12.4 Å². The fourth-order valence-corrected chi connectivity index (χ4v) is 3.89. The molecule has 1 unspecified atom stereocenters. The number of para-hydroxylation sites is 1. The average Bonchev–Trinajstić information content (AvgIpc) is 3.21. The van der Waals surface area contributed by atoms with E-state index in [0.717, 1.165) is 35.6 Å². The Morgan fingerprint density at radius 1 is 1.27 bits per heavy atom. The van der Waals surface area contributed by atoms with Gasteiger partial charge in [-0.3, -0.25) is 4.79 Å². The van der Waals surface area contributed by atoms with E-state index < -0.39 is 5.97 Å². The van der Waals surface area contributed by atoms with Crippen molar-refractivity contribution < 1.29 is 24.1 Å². The maximum Gasteiger partial charge on any atom is 0.307 e. The molecule has 0 radical (unpaired) electrons. The highest BCUT2D eigenvalue weighted by molar-refractivity contribution is 5.71. The molecule has 2 aromatic carbocycles. The number of benzene rings is 2. The van der Waals surface area contributed by atoms with Crippen LogP contribution in [0.3, 0.4) is 0 Å². The van der Waals surface area contributed by atoms with Gasteiger partial charge in [0, 0.05) is 23.6 Å². The SMILES string of the molecule is CNCC1=CC=CC(c2cc(COc3ccccc3CC(=O)O)cc3c2OCO3)C1.